The highest BCUT2D eigenvalue weighted by molar-refractivity contribution is 6.05. The molecule has 0 atom stereocenters. The molecule has 0 aliphatic heterocycles. The predicted molar refractivity (Wildman–Crippen MR) is 233 cm³/mol. The van der Waals surface area contributed by atoms with Crippen LogP contribution in [0.15, 0.2) is 194 Å². The van der Waals surface area contributed by atoms with Crippen LogP contribution in [-0.4, -0.2) is 24.9 Å². The number of hydrogen-bond donors (Lipinski definition) is 0. The van der Waals surface area contributed by atoms with E-state index in [0.29, 0.717) is 17.5 Å². The fourth-order valence-electron chi connectivity index (χ4n) is 7.40. The van der Waals surface area contributed by atoms with Gasteiger partial charge in [0, 0.05) is 38.6 Å². The molecule has 3 aromatic heterocycles. The number of nitrogens with zero attached hydrogens (tertiary/aromatic N) is 5. The van der Waals surface area contributed by atoms with Gasteiger partial charge in [-0.1, -0.05) is 182 Å². The summed E-state index contributed by atoms with van der Waals surface area (Å²) in [5, 5.41) is 2.19. The standard InChI is InChI=1S/C52H35N5/c1-34-33-47(39-13-7-3-8-14-39)54-49-45(34)31-29-41-30-32-46(53-48(41)49)40-23-17-37(18-24-40)38-21-27-44(28-22-38)52-56-50(42-15-9-4-10-16-42)55-51(57-52)43-25-19-36(20-26-43)35-11-5-2-6-12-35/h2-33H,1H3. The maximum atomic E-state index is 5.19. The molecule has 0 saturated carbocycles. The third-order valence-electron chi connectivity index (χ3n) is 10.5. The Hall–Kier alpha value is -7.63. The first-order valence-corrected chi connectivity index (χ1v) is 19.1. The number of hydrogen-bond acceptors (Lipinski definition) is 5. The van der Waals surface area contributed by atoms with Crippen molar-refractivity contribution >= 4 is 21.8 Å². The number of pyridine rings is 2. The van der Waals surface area contributed by atoms with E-state index in [9.17, 15) is 0 Å². The van der Waals surface area contributed by atoms with Gasteiger partial charge in [0.15, 0.2) is 17.5 Å². The second-order valence-electron chi connectivity index (χ2n) is 14.2. The van der Waals surface area contributed by atoms with E-state index in [4.69, 9.17) is 24.9 Å². The van der Waals surface area contributed by atoms with Crippen molar-refractivity contribution in [2.45, 2.75) is 6.92 Å². The maximum Gasteiger partial charge on any atom is 0.164 e. The summed E-state index contributed by atoms with van der Waals surface area (Å²) in [6.45, 7) is 2.15. The van der Waals surface area contributed by atoms with Crippen molar-refractivity contribution in [1.82, 2.24) is 24.9 Å². The average Bonchev–Trinajstić information content (AvgIpc) is 3.29. The molecule has 7 aromatic carbocycles. The molecule has 5 heteroatoms. The number of rotatable bonds is 7. The summed E-state index contributed by atoms with van der Waals surface area (Å²) in [4.78, 5) is 25.2. The molecule has 0 fully saturated rings. The summed E-state index contributed by atoms with van der Waals surface area (Å²) in [7, 11) is 0. The van der Waals surface area contributed by atoms with E-state index >= 15 is 0 Å². The van der Waals surface area contributed by atoms with Crippen LogP contribution < -0.4 is 0 Å². The average molecular weight is 730 g/mol. The highest BCUT2D eigenvalue weighted by Gasteiger charge is 2.14. The second-order valence-corrected chi connectivity index (χ2v) is 14.2. The molecule has 5 nitrogen and oxygen atoms in total. The third-order valence-corrected chi connectivity index (χ3v) is 10.5. The molecule has 0 N–H and O–H groups in total. The van der Waals surface area contributed by atoms with Crippen molar-refractivity contribution in [2.75, 3.05) is 0 Å². The molecule has 0 unspecified atom stereocenters. The van der Waals surface area contributed by atoms with Crippen LogP contribution in [0.5, 0.6) is 0 Å². The fourth-order valence-corrected chi connectivity index (χ4v) is 7.40. The molecule has 0 bridgehead atoms. The van der Waals surface area contributed by atoms with Gasteiger partial charge in [-0.25, -0.2) is 24.9 Å². The van der Waals surface area contributed by atoms with E-state index in [-0.39, 0.29) is 0 Å². The van der Waals surface area contributed by atoms with Crippen LogP contribution in [0.25, 0.3) is 101 Å². The molecule has 0 radical (unpaired) electrons. The van der Waals surface area contributed by atoms with Gasteiger partial charge in [-0.2, -0.15) is 0 Å². The molecule has 268 valence electrons. The lowest BCUT2D eigenvalue weighted by molar-refractivity contribution is 1.07. The number of benzene rings is 7. The normalized spacial score (nSPS) is 11.2. The number of fused-ring (bicyclic) bond motifs is 3. The van der Waals surface area contributed by atoms with Crippen LogP contribution in [0, 0.1) is 6.92 Å². The molecule has 0 saturated heterocycles. The highest BCUT2D eigenvalue weighted by Crippen LogP contribution is 2.33. The van der Waals surface area contributed by atoms with Crippen LogP contribution in [0.2, 0.25) is 0 Å². The van der Waals surface area contributed by atoms with Crippen molar-refractivity contribution in [2.24, 2.45) is 0 Å². The Balaban J connectivity index is 0.951. The van der Waals surface area contributed by atoms with Crippen molar-refractivity contribution in [1.29, 1.82) is 0 Å². The van der Waals surface area contributed by atoms with Crippen molar-refractivity contribution in [3.05, 3.63) is 200 Å². The van der Waals surface area contributed by atoms with Crippen LogP contribution >= 0.6 is 0 Å². The third kappa shape index (κ3) is 6.72. The van der Waals surface area contributed by atoms with E-state index in [1.165, 1.54) is 11.1 Å². The van der Waals surface area contributed by atoms with Crippen LogP contribution in [0.4, 0.5) is 0 Å². The quantitative estimate of drug-likeness (QED) is 0.153. The molecular formula is C52H35N5. The van der Waals surface area contributed by atoms with Crippen LogP contribution in [0.1, 0.15) is 5.56 Å². The molecule has 57 heavy (non-hydrogen) atoms. The first-order chi connectivity index (χ1) is 28.1. The molecule has 3 heterocycles. The van der Waals surface area contributed by atoms with Gasteiger partial charge in [0.1, 0.15) is 0 Å². The van der Waals surface area contributed by atoms with Gasteiger partial charge in [-0.05, 0) is 46.9 Å². The summed E-state index contributed by atoms with van der Waals surface area (Å²) in [5.74, 6) is 1.90. The number of aryl methyl sites for hydroxylation is 1. The zero-order valence-corrected chi connectivity index (χ0v) is 31.2. The number of aromatic nitrogens is 5. The largest absolute Gasteiger partial charge is 0.245 e. The fraction of sp³-hybridized carbons (Fsp3) is 0.0192. The monoisotopic (exact) mass is 729 g/mol. The first-order valence-electron chi connectivity index (χ1n) is 19.1. The molecule has 0 aliphatic rings. The Bertz CT molecular complexity index is 3020. The van der Waals surface area contributed by atoms with Gasteiger partial charge < -0.3 is 0 Å². The lowest BCUT2D eigenvalue weighted by Gasteiger charge is -2.11. The Morgan fingerprint density at radius 3 is 1.18 bits per heavy atom. The molecular weight excluding hydrogens is 695 g/mol. The van der Waals surface area contributed by atoms with E-state index in [1.54, 1.807) is 0 Å². The summed E-state index contributed by atoms with van der Waals surface area (Å²) < 4.78 is 0. The molecule has 0 amide bonds. The minimum absolute atomic E-state index is 0.628. The summed E-state index contributed by atoms with van der Waals surface area (Å²) in [5.41, 5.74) is 14.4. The molecule has 10 rings (SSSR count). The van der Waals surface area contributed by atoms with E-state index in [0.717, 1.165) is 77.7 Å². The lowest BCUT2D eigenvalue weighted by Crippen LogP contribution is -2.00. The second kappa shape index (κ2) is 14.5. The highest BCUT2D eigenvalue weighted by atomic mass is 15.0. The SMILES string of the molecule is Cc1cc(-c2ccccc2)nc2c1ccc1ccc(-c3ccc(-c4ccc(-c5nc(-c6ccccc6)nc(-c6ccc(-c7ccccc7)cc6)n5)cc4)cc3)nc12. The van der Waals surface area contributed by atoms with Gasteiger partial charge in [0.05, 0.1) is 22.4 Å². The summed E-state index contributed by atoms with van der Waals surface area (Å²) >= 11 is 0. The van der Waals surface area contributed by atoms with E-state index in [1.807, 2.05) is 54.6 Å². The first kappa shape index (κ1) is 33.9. The lowest BCUT2D eigenvalue weighted by atomic mass is 10.00. The molecule has 0 spiro atoms. The Kier molecular flexibility index (Phi) is 8.65. The summed E-state index contributed by atoms with van der Waals surface area (Å²) in [6.07, 6.45) is 0. The van der Waals surface area contributed by atoms with Gasteiger partial charge >= 0.3 is 0 Å². The zero-order valence-electron chi connectivity index (χ0n) is 31.2. The smallest absolute Gasteiger partial charge is 0.164 e. The molecule has 10 aromatic rings. The maximum absolute atomic E-state index is 5.19. The van der Waals surface area contributed by atoms with Gasteiger partial charge in [-0.3, -0.25) is 0 Å². The topological polar surface area (TPSA) is 64.5 Å². The minimum Gasteiger partial charge on any atom is -0.245 e. The predicted octanol–water partition coefficient (Wildman–Crippen LogP) is 12.9. The summed E-state index contributed by atoms with van der Waals surface area (Å²) in [6, 6.07) is 66.9. The minimum atomic E-state index is 0.628. The Morgan fingerprint density at radius 1 is 0.281 bits per heavy atom. The van der Waals surface area contributed by atoms with Gasteiger partial charge in [0.2, 0.25) is 0 Å². The zero-order chi connectivity index (χ0) is 38.1. The van der Waals surface area contributed by atoms with Crippen LogP contribution in [-0.2, 0) is 0 Å². The Morgan fingerprint density at radius 2 is 0.649 bits per heavy atom. The molecule has 0 aliphatic carbocycles. The van der Waals surface area contributed by atoms with Gasteiger partial charge in [-0.15, -0.1) is 0 Å². The van der Waals surface area contributed by atoms with E-state index in [2.05, 4.69) is 146 Å². The van der Waals surface area contributed by atoms with E-state index < -0.39 is 0 Å². The Labute approximate surface area is 331 Å². The van der Waals surface area contributed by atoms with Crippen molar-refractivity contribution in [3.63, 3.8) is 0 Å². The van der Waals surface area contributed by atoms with Crippen molar-refractivity contribution in [3.8, 4) is 78.9 Å². The van der Waals surface area contributed by atoms with Crippen molar-refractivity contribution < 1.29 is 0 Å². The van der Waals surface area contributed by atoms with Crippen LogP contribution in [0.3, 0.4) is 0 Å². The van der Waals surface area contributed by atoms with Gasteiger partial charge in [0.25, 0.3) is 0 Å².